The maximum absolute atomic E-state index is 13.1. The molecular formula is C21H20FN5O2S. The number of nitrogens with zero attached hydrogens (tertiary/aromatic N) is 3. The van der Waals surface area contributed by atoms with Crippen LogP contribution >= 0.6 is 11.3 Å². The number of anilines is 3. The average molecular weight is 425 g/mol. The number of fused-ring (bicyclic) bond motifs is 1. The standard InChI is InChI=1S/C21H20FN5O2S/c1-13-25-26-21(30-13)24-19(28)12-27-11-3-4-16-17(5-2-6-18(16)27)23-20(29)14-7-9-15(22)10-8-14/h2,5-10H,3-4,11-12H2,1H3,(H,23,29)(H,24,26,28). The summed E-state index contributed by atoms with van der Waals surface area (Å²) in [5, 5.41) is 14.8. The molecule has 0 spiro atoms. The van der Waals surface area contributed by atoms with Crippen molar-refractivity contribution in [2.24, 2.45) is 0 Å². The second kappa shape index (κ2) is 8.58. The first-order chi connectivity index (χ1) is 14.5. The first-order valence-corrected chi connectivity index (χ1v) is 10.3. The van der Waals surface area contributed by atoms with Crippen LogP contribution in [0.3, 0.4) is 0 Å². The zero-order chi connectivity index (χ0) is 21.1. The van der Waals surface area contributed by atoms with Gasteiger partial charge >= 0.3 is 0 Å². The summed E-state index contributed by atoms with van der Waals surface area (Å²) in [4.78, 5) is 27.0. The molecule has 0 unspecified atom stereocenters. The van der Waals surface area contributed by atoms with Crippen LogP contribution in [0, 0.1) is 12.7 Å². The van der Waals surface area contributed by atoms with Crippen molar-refractivity contribution in [3.63, 3.8) is 0 Å². The molecule has 3 aromatic rings. The van der Waals surface area contributed by atoms with E-state index >= 15 is 0 Å². The van der Waals surface area contributed by atoms with Crippen LogP contribution in [-0.4, -0.2) is 35.1 Å². The van der Waals surface area contributed by atoms with E-state index in [-0.39, 0.29) is 24.2 Å². The second-order valence-electron chi connectivity index (χ2n) is 6.96. The molecule has 0 saturated carbocycles. The Kier molecular flexibility index (Phi) is 5.71. The molecule has 9 heteroatoms. The Bertz CT molecular complexity index is 1080. The van der Waals surface area contributed by atoms with Gasteiger partial charge in [0.2, 0.25) is 11.0 Å². The van der Waals surface area contributed by atoms with Crippen molar-refractivity contribution >= 4 is 39.7 Å². The Hall–Kier alpha value is -3.33. The smallest absolute Gasteiger partial charge is 0.255 e. The van der Waals surface area contributed by atoms with E-state index < -0.39 is 0 Å². The maximum Gasteiger partial charge on any atom is 0.255 e. The van der Waals surface area contributed by atoms with Crippen LogP contribution in [-0.2, 0) is 11.2 Å². The van der Waals surface area contributed by atoms with Gasteiger partial charge in [0, 0.05) is 23.5 Å². The number of carbonyl (C=O) groups is 2. The summed E-state index contributed by atoms with van der Waals surface area (Å²) in [5.74, 6) is -0.856. The summed E-state index contributed by atoms with van der Waals surface area (Å²) in [5.41, 5.74) is 2.99. The monoisotopic (exact) mass is 425 g/mol. The molecule has 7 nitrogen and oxygen atoms in total. The van der Waals surface area contributed by atoms with Gasteiger partial charge < -0.3 is 10.2 Å². The fraction of sp³-hybridized carbons (Fsp3) is 0.238. The van der Waals surface area contributed by atoms with E-state index in [1.807, 2.05) is 30.0 Å². The Morgan fingerprint density at radius 3 is 2.67 bits per heavy atom. The van der Waals surface area contributed by atoms with Gasteiger partial charge in [-0.15, -0.1) is 10.2 Å². The highest BCUT2D eigenvalue weighted by atomic mass is 32.1. The van der Waals surface area contributed by atoms with E-state index in [1.165, 1.54) is 35.6 Å². The second-order valence-corrected chi connectivity index (χ2v) is 8.15. The number of rotatable bonds is 5. The lowest BCUT2D eigenvalue weighted by Gasteiger charge is -2.32. The van der Waals surface area contributed by atoms with Crippen LogP contribution in [0.15, 0.2) is 42.5 Å². The van der Waals surface area contributed by atoms with Gasteiger partial charge in [-0.1, -0.05) is 17.4 Å². The molecule has 154 valence electrons. The highest BCUT2D eigenvalue weighted by molar-refractivity contribution is 7.15. The lowest BCUT2D eigenvalue weighted by Crippen LogP contribution is -2.37. The maximum atomic E-state index is 13.1. The summed E-state index contributed by atoms with van der Waals surface area (Å²) in [6, 6.07) is 11.1. The van der Waals surface area contributed by atoms with E-state index in [9.17, 15) is 14.0 Å². The Balaban J connectivity index is 1.49. The zero-order valence-corrected chi connectivity index (χ0v) is 17.1. The third-order valence-corrected chi connectivity index (χ3v) is 5.56. The van der Waals surface area contributed by atoms with Gasteiger partial charge in [-0.25, -0.2) is 4.39 Å². The number of hydrogen-bond acceptors (Lipinski definition) is 6. The number of carbonyl (C=O) groups excluding carboxylic acids is 2. The SMILES string of the molecule is Cc1nnc(NC(=O)CN2CCCc3c(NC(=O)c4ccc(F)cc4)cccc32)s1. The van der Waals surface area contributed by atoms with E-state index in [1.54, 1.807) is 0 Å². The topological polar surface area (TPSA) is 87.2 Å². The molecule has 1 aliphatic heterocycles. The van der Waals surface area contributed by atoms with E-state index in [4.69, 9.17) is 0 Å². The molecule has 30 heavy (non-hydrogen) atoms. The minimum atomic E-state index is -0.388. The van der Waals surface area contributed by atoms with Gasteiger partial charge in [0.15, 0.2) is 0 Å². The molecule has 2 aromatic carbocycles. The highest BCUT2D eigenvalue weighted by Gasteiger charge is 2.22. The van der Waals surface area contributed by atoms with Crippen LogP contribution in [0.25, 0.3) is 0 Å². The Morgan fingerprint density at radius 2 is 1.93 bits per heavy atom. The first-order valence-electron chi connectivity index (χ1n) is 9.53. The molecule has 1 aromatic heterocycles. The number of benzene rings is 2. The summed E-state index contributed by atoms with van der Waals surface area (Å²) in [7, 11) is 0. The third-order valence-electron chi connectivity index (χ3n) is 4.81. The quantitative estimate of drug-likeness (QED) is 0.652. The number of amides is 2. The number of halogens is 1. The molecule has 2 amide bonds. The zero-order valence-electron chi connectivity index (χ0n) is 16.3. The summed E-state index contributed by atoms with van der Waals surface area (Å²) >= 11 is 1.33. The summed E-state index contributed by atoms with van der Waals surface area (Å²) in [6.07, 6.45) is 1.66. The van der Waals surface area contributed by atoms with Gasteiger partial charge in [0.1, 0.15) is 10.8 Å². The number of hydrogen-bond donors (Lipinski definition) is 2. The minimum Gasteiger partial charge on any atom is -0.362 e. The third kappa shape index (κ3) is 4.46. The average Bonchev–Trinajstić information content (AvgIpc) is 3.13. The molecule has 0 atom stereocenters. The lowest BCUT2D eigenvalue weighted by molar-refractivity contribution is -0.115. The molecule has 0 aliphatic carbocycles. The molecule has 2 heterocycles. The summed E-state index contributed by atoms with van der Waals surface area (Å²) in [6.45, 7) is 2.75. The number of nitrogens with one attached hydrogen (secondary N) is 2. The molecule has 0 fully saturated rings. The predicted octanol–water partition coefficient (Wildman–Crippen LogP) is 3.63. The normalized spacial score (nSPS) is 12.9. The molecule has 0 radical (unpaired) electrons. The van der Waals surface area contributed by atoms with Crippen molar-refractivity contribution in [2.75, 3.05) is 28.6 Å². The molecular weight excluding hydrogens is 405 g/mol. The van der Waals surface area contributed by atoms with Crippen molar-refractivity contribution in [1.29, 1.82) is 0 Å². The first kappa shape index (κ1) is 20.0. The number of aromatic nitrogens is 2. The molecule has 4 rings (SSSR count). The molecule has 1 aliphatic rings. The van der Waals surface area contributed by atoms with E-state index in [2.05, 4.69) is 20.8 Å². The Labute approximate surface area is 176 Å². The van der Waals surface area contributed by atoms with Gasteiger partial charge in [-0.3, -0.25) is 14.9 Å². The van der Waals surface area contributed by atoms with Gasteiger partial charge in [-0.2, -0.15) is 0 Å². The van der Waals surface area contributed by atoms with E-state index in [0.717, 1.165) is 35.6 Å². The summed E-state index contributed by atoms with van der Waals surface area (Å²) < 4.78 is 13.1. The Morgan fingerprint density at radius 1 is 1.13 bits per heavy atom. The van der Waals surface area contributed by atoms with Crippen molar-refractivity contribution in [3.8, 4) is 0 Å². The highest BCUT2D eigenvalue weighted by Crippen LogP contribution is 2.33. The van der Waals surface area contributed by atoms with Crippen LogP contribution in [0.1, 0.15) is 27.3 Å². The molecule has 0 saturated heterocycles. The predicted molar refractivity (Wildman–Crippen MR) is 115 cm³/mol. The van der Waals surface area contributed by atoms with Crippen molar-refractivity contribution in [2.45, 2.75) is 19.8 Å². The van der Waals surface area contributed by atoms with Crippen LogP contribution < -0.4 is 15.5 Å². The van der Waals surface area contributed by atoms with Crippen LogP contribution in [0.4, 0.5) is 20.9 Å². The van der Waals surface area contributed by atoms with Gasteiger partial charge in [-0.05, 0) is 61.7 Å². The van der Waals surface area contributed by atoms with Crippen molar-refractivity contribution < 1.29 is 14.0 Å². The van der Waals surface area contributed by atoms with Crippen LogP contribution in [0.2, 0.25) is 0 Å². The van der Waals surface area contributed by atoms with Crippen molar-refractivity contribution in [3.05, 3.63) is 64.4 Å². The largest absolute Gasteiger partial charge is 0.362 e. The lowest BCUT2D eigenvalue weighted by atomic mass is 9.99. The van der Waals surface area contributed by atoms with Crippen molar-refractivity contribution in [1.82, 2.24) is 10.2 Å². The minimum absolute atomic E-state index is 0.167. The number of aryl methyl sites for hydroxylation is 1. The van der Waals surface area contributed by atoms with Gasteiger partial charge in [0.05, 0.1) is 6.54 Å². The van der Waals surface area contributed by atoms with E-state index in [0.29, 0.717) is 16.4 Å². The molecule has 2 N–H and O–H groups in total. The molecule has 0 bridgehead atoms. The fourth-order valence-corrected chi connectivity index (χ4v) is 4.07. The van der Waals surface area contributed by atoms with Crippen LogP contribution in [0.5, 0.6) is 0 Å². The van der Waals surface area contributed by atoms with Gasteiger partial charge in [0.25, 0.3) is 5.91 Å². The fourth-order valence-electron chi connectivity index (χ4n) is 3.46.